The summed E-state index contributed by atoms with van der Waals surface area (Å²) in [6.45, 7) is 11.0. The van der Waals surface area contributed by atoms with Gasteiger partial charge in [-0.05, 0) is 20.8 Å². The van der Waals surface area contributed by atoms with Crippen molar-refractivity contribution < 1.29 is 0 Å². The Labute approximate surface area is 113 Å². The van der Waals surface area contributed by atoms with E-state index in [9.17, 15) is 0 Å². The van der Waals surface area contributed by atoms with Gasteiger partial charge in [0, 0.05) is 0 Å². The van der Waals surface area contributed by atoms with Gasteiger partial charge in [-0.25, -0.2) is 0 Å². The van der Waals surface area contributed by atoms with E-state index in [0.29, 0.717) is 0 Å². The minimum Gasteiger partial charge on any atom is -0.0682 e. The Morgan fingerprint density at radius 2 is 0.833 bits per heavy atom. The Bertz CT molecular complexity index is 431. The summed E-state index contributed by atoms with van der Waals surface area (Å²) < 4.78 is 0. The second-order valence-corrected chi connectivity index (χ2v) is 8.20. The fourth-order valence-corrected chi connectivity index (χ4v) is 2.55. The molecule has 0 aromatic heterocycles. The topological polar surface area (TPSA) is 0 Å². The van der Waals surface area contributed by atoms with Crippen molar-refractivity contribution in [3.05, 3.63) is 65.2 Å². The van der Waals surface area contributed by atoms with Crippen molar-refractivity contribution in [2.24, 2.45) is 0 Å². The highest BCUT2D eigenvalue weighted by Gasteiger charge is 1.97. The molecule has 0 spiro atoms. The van der Waals surface area contributed by atoms with E-state index in [1.54, 1.807) is 5.19 Å². The summed E-state index contributed by atoms with van der Waals surface area (Å²) in [5.74, 6) is 0. The highest BCUT2D eigenvalue weighted by atomic mass is 28.3. The van der Waals surface area contributed by atoms with Crippen LogP contribution in [-0.4, -0.2) is 8.80 Å². The van der Waals surface area contributed by atoms with E-state index in [0.717, 1.165) is 0 Å². The minimum absolute atomic E-state index is 0.549. The summed E-state index contributed by atoms with van der Waals surface area (Å²) in [5, 5.41) is 1.56. The van der Waals surface area contributed by atoms with Crippen molar-refractivity contribution in [1.29, 1.82) is 0 Å². The Morgan fingerprint density at radius 3 is 1.11 bits per heavy atom. The van der Waals surface area contributed by atoms with Gasteiger partial charge in [-0.1, -0.05) is 83.5 Å². The van der Waals surface area contributed by atoms with Crippen LogP contribution in [0.25, 0.3) is 0 Å². The first-order valence-electron chi connectivity index (χ1n) is 6.59. The smallest absolute Gasteiger partial charge is 0.0647 e. The number of hydrogen-bond donors (Lipinski definition) is 0. The van der Waals surface area contributed by atoms with E-state index in [2.05, 4.69) is 82.4 Å². The maximum atomic E-state index is 2.35. The van der Waals surface area contributed by atoms with Crippen LogP contribution in [0.4, 0.5) is 0 Å². The molecule has 1 heteroatoms. The van der Waals surface area contributed by atoms with E-state index < -0.39 is 8.80 Å². The first kappa shape index (κ1) is 14.7. The quantitative estimate of drug-likeness (QED) is 0.677. The maximum Gasteiger partial charge on any atom is 0.0647 e. The molecule has 96 valence electrons. The summed E-state index contributed by atoms with van der Waals surface area (Å²) in [7, 11) is -0.549. The zero-order valence-electron chi connectivity index (χ0n) is 12.2. The average molecular weight is 256 g/mol. The van der Waals surface area contributed by atoms with Crippen molar-refractivity contribution in [3.63, 3.8) is 0 Å². The van der Waals surface area contributed by atoms with Crippen LogP contribution >= 0.6 is 0 Å². The van der Waals surface area contributed by atoms with Crippen LogP contribution in [0.5, 0.6) is 0 Å². The molecule has 0 N–H and O–H groups in total. The SMILES string of the molecule is Cc1ccc(C)cc1.Cc1ccc([SiH](C)C)cc1. The maximum absolute atomic E-state index is 2.35. The lowest BCUT2D eigenvalue weighted by molar-refractivity contribution is 1.40. The Hall–Kier alpha value is -1.34. The Morgan fingerprint density at radius 1 is 0.556 bits per heavy atom. The van der Waals surface area contributed by atoms with Gasteiger partial charge in [-0.2, -0.15) is 0 Å². The molecule has 0 radical (unpaired) electrons. The Balaban J connectivity index is 0.000000184. The third-order valence-electron chi connectivity index (χ3n) is 2.96. The normalized spacial score (nSPS) is 9.89. The van der Waals surface area contributed by atoms with Crippen molar-refractivity contribution in [2.45, 2.75) is 33.9 Å². The Kier molecular flexibility index (Phi) is 5.86. The fourth-order valence-electron chi connectivity index (χ4n) is 1.59. The number of benzene rings is 2. The molecular weight excluding hydrogens is 232 g/mol. The van der Waals surface area contributed by atoms with Crippen LogP contribution in [0.3, 0.4) is 0 Å². The van der Waals surface area contributed by atoms with Crippen LogP contribution in [0, 0.1) is 20.8 Å². The van der Waals surface area contributed by atoms with Crippen LogP contribution in [0.1, 0.15) is 16.7 Å². The molecule has 0 bridgehead atoms. The lowest BCUT2D eigenvalue weighted by Crippen LogP contribution is -2.21. The van der Waals surface area contributed by atoms with E-state index in [1.165, 1.54) is 16.7 Å². The number of hydrogen-bond acceptors (Lipinski definition) is 0. The molecular formula is C17H24Si. The van der Waals surface area contributed by atoms with Crippen molar-refractivity contribution >= 4 is 14.0 Å². The van der Waals surface area contributed by atoms with Gasteiger partial charge < -0.3 is 0 Å². The van der Waals surface area contributed by atoms with Gasteiger partial charge in [-0.3, -0.25) is 0 Å². The molecule has 2 aromatic carbocycles. The molecule has 18 heavy (non-hydrogen) atoms. The summed E-state index contributed by atoms with van der Waals surface area (Å²) in [5.41, 5.74) is 4.02. The molecule has 0 unspecified atom stereocenters. The second-order valence-electron chi connectivity index (χ2n) is 5.22. The molecule has 0 atom stereocenters. The standard InChI is InChI=1S/C9H14Si.C8H10/c1-8-4-6-9(7-5-8)10(2)3;1-7-3-5-8(2)6-4-7/h4-7,10H,1-3H3;3-6H,1-2H3. The lowest BCUT2D eigenvalue weighted by atomic mass is 10.2. The first-order valence-corrected chi connectivity index (χ1v) is 9.47. The highest BCUT2D eigenvalue weighted by molar-refractivity contribution is 6.70. The molecule has 0 nitrogen and oxygen atoms in total. The molecule has 0 aliphatic rings. The predicted octanol–water partition coefficient (Wildman–Crippen LogP) is 3.99. The number of rotatable bonds is 1. The molecule has 0 aliphatic carbocycles. The van der Waals surface area contributed by atoms with Crippen molar-refractivity contribution in [3.8, 4) is 0 Å². The van der Waals surface area contributed by atoms with Gasteiger partial charge in [0.15, 0.2) is 0 Å². The van der Waals surface area contributed by atoms with Gasteiger partial charge in [0.2, 0.25) is 0 Å². The largest absolute Gasteiger partial charge is 0.0682 e. The van der Waals surface area contributed by atoms with Crippen molar-refractivity contribution in [1.82, 2.24) is 0 Å². The summed E-state index contributed by atoms with van der Waals surface area (Å²) >= 11 is 0. The average Bonchev–Trinajstić information content (AvgIpc) is 2.34. The van der Waals surface area contributed by atoms with Crippen molar-refractivity contribution in [2.75, 3.05) is 0 Å². The molecule has 2 aromatic rings. The fraction of sp³-hybridized carbons (Fsp3) is 0.294. The third kappa shape index (κ3) is 5.33. The molecule has 0 amide bonds. The monoisotopic (exact) mass is 256 g/mol. The van der Waals surface area contributed by atoms with Crippen LogP contribution in [-0.2, 0) is 0 Å². The zero-order chi connectivity index (χ0) is 13.5. The predicted molar refractivity (Wildman–Crippen MR) is 85.6 cm³/mol. The van der Waals surface area contributed by atoms with Gasteiger partial charge in [-0.15, -0.1) is 0 Å². The highest BCUT2D eigenvalue weighted by Crippen LogP contribution is 1.99. The molecule has 0 fully saturated rings. The van der Waals surface area contributed by atoms with Gasteiger partial charge in [0.1, 0.15) is 0 Å². The van der Waals surface area contributed by atoms with Crippen LogP contribution in [0.2, 0.25) is 13.1 Å². The zero-order valence-corrected chi connectivity index (χ0v) is 13.4. The summed E-state index contributed by atoms with van der Waals surface area (Å²) in [6, 6.07) is 17.4. The summed E-state index contributed by atoms with van der Waals surface area (Å²) in [6.07, 6.45) is 0. The van der Waals surface area contributed by atoms with E-state index in [-0.39, 0.29) is 0 Å². The molecule has 0 saturated carbocycles. The van der Waals surface area contributed by atoms with E-state index in [1.807, 2.05) is 0 Å². The van der Waals surface area contributed by atoms with Crippen LogP contribution in [0.15, 0.2) is 48.5 Å². The first-order chi connectivity index (χ1) is 8.49. The molecule has 0 aliphatic heterocycles. The molecule has 2 rings (SSSR count). The van der Waals surface area contributed by atoms with Gasteiger partial charge in [0.25, 0.3) is 0 Å². The van der Waals surface area contributed by atoms with E-state index >= 15 is 0 Å². The molecule has 0 heterocycles. The second kappa shape index (κ2) is 7.17. The number of aryl methyl sites for hydroxylation is 3. The molecule has 0 saturated heterocycles. The van der Waals surface area contributed by atoms with Gasteiger partial charge >= 0.3 is 0 Å². The van der Waals surface area contributed by atoms with Gasteiger partial charge in [0.05, 0.1) is 8.80 Å². The van der Waals surface area contributed by atoms with E-state index in [4.69, 9.17) is 0 Å². The summed E-state index contributed by atoms with van der Waals surface area (Å²) in [4.78, 5) is 0. The lowest BCUT2D eigenvalue weighted by Gasteiger charge is -2.02. The third-order valence-corrected chi connectivity index (χ3v) is 4.68. The van der Waals surface area contributed by atoms with Crippen LogP contribution < -0.4 is 5.19 Å². The minimum atomic E-state index is -0.549.